The molecule has 3 rings (SSSR count). The average Bonchev–Trinajstić information content (AvgIpc) is 2.70. The van der Waals surface area contributed by atoms with Crippen LogP contribution in [0.4, 0.5) is 0 Å². The van der Waals surface area contributed by atoms with Crippen LogP contribution in [0, 0.1) is 0 Å². The number of piperidine rings is 2. The normalized spacial score (nSPS) is 24.5. The third kappa shape index (κ3) is 5.09. The molecule has 0 unspecified atom stereocenters. The number of benzene rings is 1. The molecule has 1 aromatic rings. The monoisotopic (exact) mass is 394 g/mol. The summed E-state index contributed by atoms with van der Waals surface area (Å²) in [4.78, 5) is 14.5. The van der Waals surface area contributed by atoms with Crippen LogP contribution in [0.5, 0.6) is 0 Å². The molecular weight excluding hydrogens is 362 g/mol. The van der Waals surface area contributed by atoms with Gasteiger partial charge in [-0.05, 0) is 37.5 Å². The molecule has 0 spiro atoms. The molecule has 2 N–H and O–H groups in total. The number of rotatable bonds is 6. The van der Waals surface area contributed by atoms with Crippen LogP contribution >= 0.6 is 0 Å². The SMILES string of the molecule is CCC[NH+]1CCC(NC(=O)c2cccc(S(=O)(=O)N3CCCCC3)c2)CC1. The molecule has 0 bridgehead atoms. The highest BCUT2D eigenvalue weighted by molar-refractivity contribution is 7.89. The van der Waals surface area contributed by atoms with Crippen LogP contribution in [0.25, 0.3) is 0 Å². The number of carbonyl (C=O) groups is 1. The van der Waals surface area contributed by atoms with Crippen LogP contribution in [0.3, 0.4) is 0 Å². The predicted octanol–water partition coefficient (Wildman–Crippen LogP) is 1.05. The Balaban J connectivity index is 1.64. The predicted molar refractivity (Wildman–Crippen MR) is 105 cm³/mol. The second kappa shape index (κ2) is 9.17. The maximum absolute atomic E-state index is 12.8. The summed E-state index contributed by atoms with van der Waals surface area (Å²) in [5, 5.41) is 3.10. The highest BCUT2D eigenvalue weighted by Crippen LogP contribution is 2.21. The lowest BCUT2D eigenvalue weighted by atomic mass is 10.0. The van der Waals surface area contributed by atoms with Crippen molar-refractivity contribution in [1.82, 2.24) is 9.62 Å². The fraction of sp³-hybridized carbons (Fsp3) is 0.650. The Morgan fingerprint density at radius 1 is 1.19 bits per heavy atom. The topological polar surface area (TPSA) is 70.9 Å². The maximum Gasteiger partial charge on any atom is 0.251 e. The second-order valence-corrected chi connectivity index (χ2v) is 9.68. The molecule has 0 atom stereocenters. The lowest BCUT2D eigenvalue weighted by Gasteiger charge is -2.29. The third-order valence-corrected chi connectivity index (χ3v) is 7.58. The summed E-state index contributed by atoms with van der Waals surface area (Å²) >= 11 is 0. The van der Waals surface area contributed by atoms with Gasteiger partial charge in [-0.15, -0.1) is 0 Å². The zero-order valence-electron chi connectivity index (χ0n) is 16.2. The maximum atomic E-state index is 12.8. The van der Waals surface area contributed by atoms with Gasteiger partial charge in [-0.2, -0.15) is 4.31 Å². The van der Waals surface area contributed by atoms with E-state index in [1.807, 2.05) is 0 Å². The van der Waals surface area contributed by atoms with E-state index < -0.39 is 10.0 Å². The van der Waals surface area contributed by atoms with Gasteiger partial charge < -0.3 is 10.2 Å². The van der Waals surface area contributed by atoms with E-state index in [4.69, 9.17) is 0 Å². The fourth-order valence-corrected chi connectivity index (χ4v) is 5.66. The summed E-state index contributed by atoms with van der Waals surface area (Å²) in [6, 6.07) is 6.66. The first-order chi connectivity index (χ1) is 13.0. The van der Waals surface area contributed by atoms with Gasteiger partial charge in [0, 0.05) is 37.5 Å². The van der Waals surface area contributed by atoms with E-state index >= 15 is 0 Å². The number of nitrogens with one attached hydrogen (secondary N) is 2. The zero-order chi connectivity index (χ0) is 19.3. The van der Waals surface area contributed by atoms with Crippen LogP contribution in [-0.2, 0) is 10.0 Å². The molecular formula is C20H32N3O3S+. The van der Waals surface area contributed by atoms with Crippen molar-refractivity contribution in [3.8, 4) is 0 Å². The van der Waals surface area contributed by atoms with Gasteiger partial charge in [-0.3, -0.25) is 4.79 Å². The molecule has 2 aliphatic rings. The first-order valence-electron chi connectivity index (χ1n) is 10.3. The Morgan fingerprint density at radius 3 is 2.56 bits per heavy atom. The van der Waals surface area contributed by atoms with Crippen molar-refractivity contribution >= 4 is 15.9 Å². The minimum absolute atomic E-state index is 0.172. The number of hydrogen-bond donors (Lipinski definition) is 2. The Labute approximate surface area is 163 Å². The summed E-state index contributed by atoms with van der Waals surface area (Å²) in [7, 11) is -3.51. The summed E-state index contributed by atoms with van der Waals surface area (Å²) < 4.78 is 27.2. The molecule has 1 aromatic carbocycles. The van der Waals surface area contributed by atoms with E-state index in [-0.39, 0.29) is 16.8 Å². The molecule has 0 aromatic heterocycles. The Bertz CT molecular complexity index is 737. The molecule has 0 aliphatic carbocycles. The van der Waals surface area contributed by atoms with Crippen LogP contribution in [0.1, 0.15) is 55.8 Å². The molecule has 2 fully saturated rings. The highest BCUT2D eigenvalue weighted by atomic mass is 32.2. The summed E-state index contributed by atoms with van der Waals surface area (Å²) in [6.07, 6.45) is 6.02. The number of amides is 1. The number of likely N-dealkylation sites (tertiary alicyclic amines) is 1. The quantitative estimate of drug-likeness (QED) is 0.758. The second-order valence-electron chi connectivity index (χ2n) is 7.74. The highest BCUT2D eigenvalue weighted by Gasteiger charge is 2.27. The molecule has 7 heteroatoms. The Hall–Kier alpha value is -1.44. The molecule has 1 amide bonds. The van der Waals surface area contributed by atoms with Gasteiger partial charge in [0.25, 0.3) is 5.91 Å². The van der Waals surface area contributed by atoms with Crippen LogP contribution < -0.4 is 10.2 Å². The van der Waals surface area contributed by atoms with Crippen molar-refractivity contribution in [1.29, 1.82) is 0 Å². The minimum atomic E-state index is -3.51. The van der Waals surface area contributed by atoms with Crippen LogP contribution in [0.15, 0.2) is 29.2 Å². The van der Waals surface area contributed by atoms with Crippen LogP contribution in [0.2, 0.25) is 0 Å². The van der Waals surface area contributed by atoms with E-state index in [2.05, 4.69) is 12.2 Å². The zero-order valence-corrected chi connectivity index (χ0v) is 17.1. The summed E-state index contributed by atoms with van der Waals surface area (Å²) in [6.45, 7) is 6.70. The molecule has 27 heavy (non-hydrogen) atoms. The number of carbonyl (C=O) groups excluding carboxylic acids is 1. The largest absolute Gasteiger partial charge is 0.349 e. The number of sulfonamides is 1. The third-order valence-electron chi connectivity index (χ3n) is 5.68. The van der Waals surface area contributed by atoms with Crippen LogP contribution in [-0.4, -0.2) is 57.4 Å². The van der Waals surface area contributed by atoms with Gasteiger partial charge in [0.05, 0.1) is 24.5 Å². The lowest BCUT2D eigenvalue weighted by Crippen LogP contribution is -3.13. The van der Waals surface area contributed by atoms with E-state index in [9.17, 15) is 13.2 Å². The number of hydrogen-bond acceptors (Lipinski definition) is 3. The van der Waals surface area contributed by atoms with Gasteiger partial charge >= 0.3 is 0 Å². The van der Waals surface area contributed by atoms with Gasteiger partial charge in [0.1, 0.15) is 0 Å². The first kappa shape index (κ1) is 20.3. The molecule has 0 saturated carbocycles. The van der Waals surface area contributed by atoms with Crippen molar-refractivity contribution < 1.29 is 18.1 Å². The minimum Gasteiger partial charge on any atom is -0.349 e. The van der Waals surface area contributed by atoms with E-state index in [0.717, 1.165) is 45.2 Å². The smallest absolute Gasteiger partial charge is 0.251 e. The Kier molecular flexibility index (Phi) is 6.89. The van der Waals surface area contributed by atoms with Crippen molar-refractivity contribution in [2.24, 2.45) is 0 Å². The van der Waals surface area contributed by atoms with E-state index in [1.54, 1.807) is 27.4 Å². The van der Waals surface area contributed by atoms with Crippen molar-refractivity contribution in [2.45, 2.75) is 56.4 Å². The van der Waals surface area contributed by atoms with Gasteiger partial charge in [0.15, 0.2) is 0 Å². The molecule has 2 aliphatic heterocycles. The lowest BCUT2D eigenvalue weighted by molar-refractivity contribution is -0.905. The standard InChI is InChI=1S/C20H31N3O3S/c1-2-11-22-14-9-18(10-15-22)21-20(24)17-7-6-8-19(16-17)27(25,26)23-12-4-3-5-13-23/h6-8,16,18H,2-5,9-15H2,1H3,(H,21,24)/p+1. The number of nitrogens with zero attached hydrogens (tertiary/aromatic N) is 1. The van der Waals surface area contributed by atoms with Gasteiger partial charge in [-0.1, -0.05) is 19.4 Å². The molecule has 0 radical (unpaired) electrons. The van der Waals surface area contributed by atoms with E-state index in [1.165, 1.54) is 19.0 Å². The summed E-state index contributed by atoms with van der Waals surface area (Å²) in [5.41, 5.74) is 0.427. The molecule has 6 nitrogen and oxygen atoms in total. The first-order valence-corrected chi connectivity index (χ1v) is 11.7. The molecule has 2 saturated heterocycles. The van der Waals surface area contributed by atoms with Crippen molar-refractivity contribution in [3.63, 3.8) is 0 Å². The summed E-state index contributed by atoms with van der Waals surface area (Å²) in [5.74, 6) is -0.172. The molecule has 150 valence electrons. The average molecular weight is 395 g/mol. The van der Waals surface area contributed by atoms with Gasteiger partial charge in [0.2, 0.25) is 10.0 Å². The number of quaternary nitrogens is 1. The Morgan fingerprint density at radius 2 is 1.89 bits per heavy atom. The molecule has 2 heterocycles. The fourth-order valence-electron chi connectivity index (χ4n) is 4.09. The van der Waals surface area contributed by atoms with Crippen molar-refractivity contribution in [3.05, 3.63) is 29.8 Å². The van der Waals surface area contributed by atoms with E-state index in [0.29, 0.717) is 18.7 Å². The van der Waals surface area contributed by atoms with Crippen molar-refractivity contribution in [2.75, 3.05) is 32.7 Å². The van der Waals surface area contributed by atoms with Gasteiger partial charge in [-0.25, -0.2) is 8.42 Å².